The number of nitrogens with zero attached hydrogens (tertiary/aromatic N) is 4. The molecular formula is C22H20ClN5O. The average Bonchev–Trinajstić information content (AvgIpc) is 3.12. The minimum Gasteiger partial charge on any atom is -0.320 e. The SMILES string of the molecule is CN(C)Cc1ccccc1NC(=O)c1ccn2ncc(-c3cccc(Cl)c3)c2n1. The third kappa shape index (κ3) is 4.13. The van der Waals surface area contributed by atoms with Gasteiger partial charge in [0.25, 0.3) is 5.91 Å². The van der Waals surface area contributed by atoms with Crippen LogP contribution in [0.4, 0.5) is 5.69 Å². The zero-order valence-corrected chi connectivity index (χ0v) is 16.9. The summed E-state index contributed by atoms with van der Waals surface area (Å²) < 4.78 is 1.65. The molecule has 2 aromatic carbocycles. The first-order valence-electron chi connectivity index (χ1n) is 9.15. The number of hydrogen-bond acceptors (Lipinski definition) is 4. The van der Waals surface area contributed by atoms with Crippen LogP contribution in [0.25, 0.3) is 16.8 Å². The van der Waals surface area contributed by atoms with Gasteiger partial charge in [-0.2, -0.15) is 5.10 Å². The van der Waals surface area contributed by atoms with Gasteiger partial charge in [-0.3, -0.25) is 4.79 Å². The monoisotopic (exact) mass is 405 g/mol. The number of para-hydroxylation sites is 1. The van der Waals surface area contributed by atoms with Crippen molar-refractivity contribution in [3.05, 3.63) is 83.3 Å². The maximum Gasteiger partial charge on any atom is 0.274 e. The van der Waals surface area contributed by atoms with E-state index in [0.717, 1.165) is 28.9 Å². The molecular weight excluding hydrogens is 386 g/mol. The largest absolute Gasteiger partial charge is 0.320 e. The van der Waals surface area contributed by atoms with E-state index in [-0.39, 0.29) is 5.91 Å². The van der Waals surface area contributed by atoms with Crippen LogP contribution in [-0.2, 0) is 6.54 Å². The van der Waals surface area contributed by atoms with E-state index in [9.17, 15) is 4.79 Å². The molecule has 0 unspecified atom stereocenters. The highest BCUT2D eigenvalue weighted by Gasteiger charge is 2.14. The van der Waals surface area contributed by atoms with Crippen molar-refractivity contribution >= 4 is 28.8 Å². The summed E-state index contributed by atoms with van der Waals surface area (Å²) >= 11 is 6.12. The molecule has 0 radical (unpaired) electrons. The second-order valence-corrected chi connectivity index (χ2v) is 7.44. The minimum atomic E-state index is -0.267. The summed E-state index contributed by atoms with van der Waals surface area (Å²) in [6.45, 7) is 0.727. The van der Waals surface area contributed by atoms with Crippen LogP contribution in [-0.4, -0.2) is 39.5 Å². The zero-order chi connectivity index (χ0) is 20.4. The number of aromatic nitrogens is 3. The molecule has 1 N–H and O–H groups in total. The molecule has 0 fully saturated rings. The lowest BCUT2D eigenvalue weighted by molar-refractivity contribution is 0.102. The number of hydrogen-bond donors (Lipinski definition) is 1. The second-order valence-electron chi connectivity index (χ2n) is 7.00. The Morgan fingerprint density at radius 2 is 1.97 bits per heavy atom. The molecule has 0 saturated carbocycles. The van der Waals surface area contributed by atoms with Gasteiger partial charge < -0.3 is 10.2 Å². The van der Waals surface area contributed by atoms with Crippen LogP contribution in [0.1, 0.15) is 16.1 Å². The lowest BCUT2D eigenvalue weighted by atomic mass is 10.1. The van der Waals surface area contributed by atoms with Gasteiger partial charge in [0.15, 0.2) is 5.65 Å². The van der Waals surface area contributed by atoms with Crippen LogP contribution in [0.5, 0.6) is 0 Å². The van der Waals surface area contributed by atoms with Gasteiger partial charge in [-0.25, -0.2) is 9.50 Å². The normalized spacial score (nSPS) is 11.2. The molecule has 29 heavy (non-hydrogen) atoms. The molecule has 2 heterocycles. The number of carbonyl (C=O) groups is 1. The van der Waals surface area contributed by atoms with E-state index < -0.39 is 0 Å². The first-order chi connectivity index (χ1) is 14.0. The van der Waals surface area contributed by atoms with Crippen LogP contribution in [0.15, 0.2) is 67.0 Å². The van der Waals surface area contributed by atoms with Crippen LogP contribution in [0.2, 0.25) is 5.02 Å². The Kier molecular flexibility index (Phi) is 5.29. The first-order valence-corrected chi connectivity index (χ1v) is 9.53. The van der Waals surface area contributed by atoms with Crippen molar-refractivity contribution in [2.75, 3.05) is 19.4 Å². The lowest BCUT2D eigenvalue weighted by Crippen LogP contribution is -2.17. The summed E-state index contributed by atoms with van der Waals surface area (Å²) in [6, 6.07) is 16.9. The second kappa shape index (κ2) is 8.03. The zero-order valence-electron chi connectivity index (χ0n) is 16.1. The van der Waals surface area contributed by atoms with E-state index in [0.29, 0.717) is 16.4 Å². The van der Waals surface area contributed by atoms with Crippen LogP contribution < -0.4 is 5.32 Å². The molecule has 0 saturated heterocycles. The summed E-state index contributed by atoms with van der Waals surface area (Å²) in [5.74, 6) is -0.267. The van der Waals surface area contributed by atoms with Crippen molar-refractivity contribution in [3.8, 4) is 11.1 Å². The number of halogens is 1. The standard InChI is InChI=1S/C22H20ClN5O/c1-27(2)14-16-6-3-4-9-19(16)26-22(29)20-10-11-28-21(25-20)18(13-24-28)15-7-5-8-17(23)12-15/h3-13H,14H2,1-2H3,(H,26,29). The van der Waals surface area contributed by atoms with Crippen LogP contribution in [0.3, 0.4) is 0 Å². The van der Waals surface area contributed by atoms with Crippen molar-refractivity contribution in [1.29, 1.82) is 0 Å². The van der Waals surface area contributed by atoms with Crippen molar-refractivity contribution in [2.45, 2.75) is 6.54 Å². The van der Waals surface area contributed by atoms with E-state index in [4.69, 9.17) is 11.6 Å². The predicted octanol–water partition coefficient (Wildman–Crippen LogP) is 4.36. The molecule has 0 aliphatic rings. The molecule has 146 valence electrons. The topological polar surface area (TPSA) is 62.5 Å². The van der Waals surface area contributed by atoms with Gasteiger partial charge in [0.1, 0.15) is 5.69 Å². The van der Waals surface area contributed by atoms with E-state index in [2.05, 4.69) is 20.3 Å². The van der Waals surface area contributed by atoms with Gasteiger partial charge in [0.05, 0.1) is 6.20 Å². The Morgan fingerprint density at radius 1 is 1.14 bits per heavy atom. The molecule has 1 amide bonds. The number of rotatable bonds is 5. The summed E-state index contributed by atoms with van der Waals surface area (Å²) in [6.07, 6.45) is 3.46. The number of anilines is 1. The smallest absolute Gasteiger partial charge is 0.274 e. The highest BCUT2D eigenvalue weighted by Crippen LogP contribution is 2.26. The van der Waals surface area contributed by atoms with Gasteiger partial charge in [-0.15, -0.1) is 0 Å². The number of benzene rings is 2. The quantitative estimate of drug-likeness (QED) is 0.535. The molecule has 0 bridgehead atoms. The first kappa shape index (κ1) is 19.1. The molecule has 0 atom stereocenters. The Bertz CT molecular complexity index is 1180. The maximum atomic E-state index is 12.9. The average molecular weight is 406 g/mol. The molecule has 6 nitrogen and oxygen atoms in total. The molecule has 4 rings (SSSR count). The third-order valence-electron chi connectivity index (χ3n) is 4.49. The number of fused-ring (bicyclic) bond motifs is 1. The third-order valence-corrected chi connectivity index (χ3v) is 4.72. The van der Waals surface area contributed by atoms with Crippen LogP contribution >= 0.6 is 11.6 Å². The van der Waals surface area contributed by atoms with Crippen molar-refractivity contribution < 1.29 is 4.79 Å². The van der Waals surface area contributed by atoms with Crippen molar-refractivity contribution in [3.63, 3.8) is 0 Å². The van der Waals surface area contributed by atoms with E-state index in [1.807, 2.05) is 62.6 Å². The summed E-state index contributed by atoms with van der Waals surface area (Å²) in [5.41, 5.74) is 4.44. The molecule has 7 heteroatoms. The summed E-state index contributed by atoms with van der Waals surface area (Å²) in [4.78, 5) is 19.5. The van der Waals surface area contributed by atoms with E-state index in [1.165, 1.54) is 0 Å². The Hall–Kier alpha value is -3.22. The fourth-order valence-electron chi connectivity index (χ4n) is 3.16. The highest BCUT2D eigenvalue weighted by atomic mass is 35.5. The van der Waals surface area contributed by atoms with Gasteiger partial charge >= 0.3 is 0 Å². The van der Waals surface area contributed by atoms with Gasteiger partial charge in [-0.05, 0) is 49.5 Å². The van der Waals surface area contributed by atoms with E-state index >= 15 is 0 Å². The van der Waals surface area contributed by atoms with Crippen molar-refractivity contribution in [2.24, 2.45) is 0 Å². The number of nitrogens with one attached hydrogen (secondary N) is 1. The summed E-state index contributed by atoms with van der Waals surface area (Å²) in [5, 5.41) is 7.94. The summed E-state index contributed by atoms with van der Waals surface area (Å²) in [7, 11) is 3.98. The molecule has 0 aliphatic heterocycles. The number of carbonyl (C=O) groups excluding carboxylic acids is 1. The fourth-order valence-corrected chi connectivity index (χ4v) is 3.35. The van der Waals surface area contributed by atoms with E-state index in [1.54, 1.807) is 23.0 Å². The minimum absolute atomic E-state index is 0.267. The fraction of sp³-hybridized carbons (Fsp3) is 0.136. The molecule has 0 aliphatic carbocycles. The predicted molar refractivity (Wildman–Crippen MR) is 115 cm³/mol. The number of amides is 1. The Labute approximate surface area is 173 Å². The van der Waals surface area contributed by atoms with Gasteiger partial charge in [0, 0.05) is 29.0 Å². The van der Waals surface area contributed by atoms with Gasteiger partial charge in [0.2, 0.25) is 0 Å². The Morgan fingerprint density at radius 3 is 2.76 bits per heavy atom. The Balaban J connectivity index is 1.67. The molecule has 4 aromatic rings. The van der Waals surface area contributed by atoms with Crippen LogP contribution in [0, 0.1) is 0 Å². The lowest BCUT2D eigenvalue weighted by Gasteiger charge is -2.14. The van der Waals surface area contributed by atoms with Gasteiger partial charge in [-0.1, -0.05) is 41.9 Å². The maximum absolute atomic E-state index is 12.9. The highest BCUT2D eigenvalue weighted by molar-refractivity contribution is 6.30. The molecule has 2 aromatic heterocycles. The molecule has 0 spiro atoms. The van der Waals surface area contributed by atoms with Crippen molar-refractivity contribution in [1.82, 2.24) is 19.5 Å².